The van der Waals surface area contributed by atoms with E-state index in [9.17, 15) is 15.0 Å². The van der Waals surface area contributed by atoms with E-state index in [1.54, 1.807) is 13.0 Å². The van der Waals surface area contributed by atoms with Gasteiger partial charge in [-0.15, -0.1) is 0 Å². The number of hydrogen-bond donors (Lipinski definition) is 3. The standard InChI is InChI=1S/C16H28O4/c1-3-4-5-9-16(2,20)10-8-12-6-7-14(17)13(12)11-15(18)19/h8,10,12-14,17,20H,3-7,9,11H2,1-2H3,(H,18,19)/t12?,13-,14+,16?/m1/s1. The highest BCUT2D eigenvalue weighted by Crippen LogP contribution is 2.36. The highest BCUT2D eigenvalue weighted by molar-refractivity contribution is 5.67. The number of allylic oxidation sites excluding steroid dienone is 1. The van der Waals surface area contributed by atoms with Crippen molar-refractivity contribution in [2.45, 2.75) is 70.5 Å². The van der Waals surface area contributed by atoms with Crippen molar-refractivity contribution >= 4 is 5.97 Å². The lowest BCUT2D eigenvalue weighted by atomic mass is 9.89. The van der Waals surface area contributed by atoms with Crippen LogP contribution in [0.3, 0.4) is 0 Å². The van der Waals surface area contributed by atoms with Crippen LogP contribution in [0.5, 0.6) is 0 Å². The second-order valence-corrected chi connectivity index (χ2v) is 6.24. The Balaban J connectivity index is 2.56. The van der Waals surface area contributed by atoms with Gasteiger partial charge in [0.25, 0.3) is 0 Å². The average molecular weight is 284 g/mol. The summed E-state index contributed by atoms with van der Waals surface area (Å²) in [6.45, 7) is 3.91. The molecule has 0 amide bonds. The molecule has 0 aromatic rings. The normalized spacial score (nSPS) is 29.7. The highest BCUT2D eigenvalue weighted by atomic mass is 16.4. The van der Waals surface area contributed by atoms with Gasteiger partial charge in [-0.3, -0.25) is 4.79 Å². The number of hydrogen-bond acceptors (Lipinski definition) is 3. The summed E-state index contributed by atoms with van der Waals surface area (Å²) in [5.74, 6) is -1.04. The van der Waals surface area contributed by atoms with Gasteiger partial charge < -0.3 is 15.3 Å². The van der Waals surface area contributed by atoms with Crippen molar-refractivity contribution in [3.05, 3.63) is 12.2 Å². The molecule has 0 heterocycles. The Morgan fingerprint density at radius 1 is 1.35 bits per heavy atom. The molecule has 0 aromatic carbocycles. The summed E-state index contributed by atoms with van der Waals surface area (Å²) in [6.07, 6.45) is 8.53. The van der Waals surface area contributed by atoms with Gasteiger partial charge in [0.15, 0.2) is 0 Å². The van der Waals surface area contributed by atoms with Gasteiger partial charge in [0, 0.05) is 5.92 Å². The quantitative estimate of drug-likeness (QED) is 0.473. The van der Waals surface area contributed by atoms with Crippen molar-refractivity contribution in [3.8, 4) is 0 Å². The Hall–Kier alpha value is -0.870. The number of carbonyl (C=O) groups is 1. The largest absolute Gasteiger partial charge is 0.481 e. The van der Waals surface area contributed by atoms with Crippen molar-refractivity contribution in [2.75, 3.05) is 0 Å². The number of rotatable bonds is 8. The molecule has 1 aliphatic carbocycles. The van der Waals surface area contributed by atoms with Gasteiger partial charge in [-0.05, 0) is 32.1 Å². The third-order valence-corrected chi connectivity index (χ3v) is 4.24. The van der Waals surface area contributed by atoms with Gasteiger partial charge in [0.2, 0.25) is 0 Å². The lowest BCUT2D eigenvalue weighted by Crippen LogP contribution is -2.24. The van der Waals surface area contributed by atoms with Crippen LogP contribution in [0.4, 0.5) is 0 Å². The van der Waals surface area contributed by atoms with Crippen LogP contribution in [-0.2, 0) is 4.79 Å². The van der Waals surface area contributed by atoms with E-state index in [0.717, 1.165) is 32.1 Å². The molecule has 0 bridgehead atoms. The molecule has 3 N–H and O–H groups in total. The van der Waals surface area contributed by atoms with E-state index >= 15 is 0 Å². The molecular formula is C16H28O4. The van der Waals surface area contributed by atoms with Crippen LogP contribution in [0.2, 0.25) is 0 Å². The summed E-state index contributed by atoms with van der Waals surface area (Å²) in [7, 11) is 0. The fraction of sp³-hybridized carbons (Fsp3) is 0.812. The minimum Gasteiger partial charge on any atom is -0.481 e. The van der Waals surface area contributed by atoms with Crippen molar-refractivity contribution in [1.82, 2.24) is 0 Å². The van der Waals surface area contributed by atoms with Crippen molar-refractivity contribution in [3.63, 3.8) is 0 Å². The average Bonchev–Trinajstić information content (AvgIpc) is 2.68. The summed E-state index contributed by atoms with van der Waals surface area (Å²) in [6, 6.07) is 0. The van der Waals surface area contributed by atoms with Gasteiger partial charge in [-0.1, -0.05) is 38.3 Å². The van der Waals surface area contributed by atoms with Crippen molar-refractivity contribution in [2.24, 2.45) is 11.8 Å². The van der Waals surface area contributed by atoms with E-state index in [-0.39, 0.29) is 18.3 Å². The van der Waals surface area contributed by atoms with Crippen LogP contribution in [0, 0.1) is 11.8 Å². The monoisotopic (exact) mass is 284 g/mol. The van der Waals surface area contributed by atoms with Crippen LogP contribution in [-0.4, -0.2) is 33.0 Å². The molecule has 0 spiro atoms. The minimum atomic E-state index is -0.871. The van der Waals surface area contributed by atoms with Gasteiger partial charge >= 0.3 is 5.97 Å². The molecule has 1 aliphatic rings. The molecule has 1 rings (SSSR count). The molecule has 20 heavy (non-hydrogen) atoms. The smallest absolute Gasteiger partial charge is 0.303 e. The van der Waals surface area contributed by atoms with Gasteiger partial charge in [-0.2, -0.15) is 0 Å². The molecule has 4 heteroatoms. The summed E-state index contributed by atoms with van der Waals surface area (Å²) < 4.78 is 0. The number of carboxylic acid groups (broad SMARTS) is 1. The number of aliphatic hydroxyl groups is 2. The SMILES string of the molecule is CCCCCC(C)(O)C=CC1CC[C@H](O)[C@@H]1CC(=O)O. The van der Waals surface area contributed by atoms with E-state index in [2.05, 4.69) is 6.92 Å². The predicted octanol–water partition coefficient (Wildman–Crippen LogP) is 2.74. The first-order valence-corrected chi connectivity index (χ1v) is 7.67. The first-order valence-electron chi connectivity index (χ1n) is 7.67. The fourth-order valence-corrected chi connectivity index (χ4v) is 2.95. The summed E-state index contributed by atoms with van der Waals surface area (Å²) >= 11 is 0. The van der Waals surface area contributed by atoms with Crippen LogP contribution < -0.4 is 0 Å². The topological polar surface area (TPSA) is 77.8 Å². The zero-order valence-corrected chi connectivity index (χ0v) is 12.6. The van der Waals surface area contributed by atoms with Crippen LogP contribution in [0.25, 0.3) is 0 Å². The molecule has 1 saturated carbocycles. The Kier molecular flexibility index (Phi) is 6.69. The fourth-order valence-electron chi connectivity index (χ4n) is 2.95. The lowest BCUT2D eigenvalue weighted by Gasteiger charge is -2.21. The molecule has 1 fully saturated rings. The summed E-state index contributed by atoms with van der Waals surface area (Å²) in [5.41, 5.74) is -0.837. The number of unbranched alkanes of at least 4 members (excludes halogenated alkanes) is 2. The maximum atomic E-state index is 10.8. The first-order chi connectivity index (χ1) is 9.35. The third-order valence-electron chi connectivity index (χ3n) is 4.24. The molecule has 4 atom stereocenters. The number of carboxylic acids is 1. The number of aliphatic hydroxyl groups excluding tert-OH is 1. The summed E-state index contributed by atoms with van der Waals surface area (Å²) in [4.78, 5) is 10.8. The summed E-state index contributed by atoms with van der Waals surface area (Å²) in [5, 5.41) is 29.0. The van der Waals surface area contributed by atoms with Crippen molar-refractivity contribution in [1.29, 1.82) is 0 Å². The molecule has 0 aliphatic heterocycles. The van der Waals surface area contributed by atoms with E-state index in [1.807, 2.05) is 6.08 Å². The minimum absolute atomic E-state index is 0.00580. The second kappa shape index (κ2) is 7.79. The lowest BCUT2D eigenvalue weighted by molar-refractivity contribution is -0.139. The van der Waals surface area contributed by atoms with Gasteiger partial charge in [-0.25, -0.2) is 0 Å². The number of aliphatic carboxylic acids is 1. The van der Waals surface area contributed by atoms with E-state index in [4.69, 9.17) is 5.11 Å². The Bertz CT molecular complexity index is 335. The molecule has 0 aromatic heterocycles. The Morgan fingerprint density at radius 2 is 2.05 bits per heavy atom. The predicted molar refractivity (Wildman–Crippen MR) is 78.4 cm³/mol. The molecule has 4 nitrogen and oxygen atoms in total. The van der Waals surface area contributed by atoms with E-state index in [1.165, 1.54) is 0 Å². The van der Waals surface area contributed by atoms with Gasteiger partial charge in [0.1, 0.15) is 0 Å². The second-order valence-electron chi connectivity index (χ2n) is 6.24. The third kappa shape index (κ3) is 5.63. The van der Waals surface area contributed by atoms with Crippen LogP contribution in [0.15, 0.2) is 12.2 Å². The zero-order chi connectivity index (χ0) is 15.2. The van der Waals surface area contributed by atoms with Crippen LogP contribution >= 0.6 is 0 Å². The molecule has 116 valence electrons. The van der Waals surface area contributed by atoms with Gasteiger partial charge in [0.05, 0.1) is 18.1 Å². The maximum absolute atomic E-state index is 10.8. The highest BCUT2D eigenvalue weighted by Gasteiger charge is 2.35. The zero-order valence-electron chi connectivity index (χ0n) is 12.6. The maximum Gasteiger partial charge on any atom is 0.303 e. The Labute approximate surface area is 121 Å². The van der Waals surface area contributed by atoms with E-state index in [0.29, 0.717) is 6.42 Å². The van der Waals surface area contributed by atoms with Crippen molar-refractivity contribution < 1.29 is 20.1 Å². The molecule has 2 unspecified atom stereocenters. The molecule has 0 radical (unpaired) electrons. The first kappa shape index (κ1) is 17.2. The molecule has 0 saturated heterocycles. The Morgan fingerprint density at radius 3 is 2.65 bits per heavy atom. The van der Waals surface area contributed by atoms with E-state index < -0.39 is 17.7 Å². The van der Waals surface area contributed by atoms with Crippen LogP contribution in [0.1, 0.15) is 58.8 Å². The molecular weight excluding hydrogens is 256 g/mol.